The average Bonchev–Trinajstić information content (AvgIpc) is 3.40. The summed E-state index contributed by atoms with van der Waals surface area (Å²) in [5, 5.41) is 15.2. The minimum absolute atomic E-state index is 0.136. The van der Waals surface area contributed by atoms with Crippen molar-refractivity contribution in [3.8, 4) is 17.6 Å². The minimum Gasteiger partial charge on any atom is -0.453 e. The van der Waals surface area contributed by atoms with Crippen LogP contribution in [0, 0.1) is 11.3 Å². The molecule has 4 aromatic rings. The highest BCUT2D eigenvalue weighted by Crippen LogP contribution is 2.37. The van der Waals surface area contributed by atoms with Crippen LogP contribution in [-0.4, -0.2) is 33.9 Å². The normalized spacial score (nSPS) is 13.7. The molecule has 9 heteroatoms. The van der Waals surface area contributed by atoms with Crippen LogP contribution in [0.3, 0.4) is 0 Å². The van der Waals surface area contributed by atoms with Crippen LogP contribution >= 0.6 is 23.1 Å². The molecule has 1 aliphatic heterocycles. The third kappa shape index (κ3) is 6.28. The van der Waals surface area contributed by atoms with E-state index in [2.05, 4.69) is 21.8 Å². The second-order valence-corrected chi connectivity index (χ2v) is 10.7. The van der Waals surface area contributed by atoms with E-state index >= 15 is 0 Å². The fraction of sp³-hybridized carbons (Fsp3) is 0.214. The van der Waals surface area contributed by atoms with Crippen LogP contribution < -0.4 is 10.1 Å². The number of pyridine rings is 1. The molecule has 0 unspecified atom stereocenters. The number of benzene rings is 2. The predicted octanol–water partition coefficient (Wildman–Crippen LogP) is 6.82. The Kier molecular flexibility index (Phi) is 7.68. The first-order chi connectivity index (χ1) is 18.1. The Morgan fingerprint density at radius 2 is 1.89 bits per heavy atom. The van der Waals surface area contributed by atoms with Gasteiger partial charge in [0.1, 0.15) is 5.75 Å². The molecule has 0 radical (unpaired) electrons. The summed E-state index contributed by atoms with van der Waals surface area (Å²) in [6.07, 6.45) is 3.64. The Bertz CT molecular complexity index is 1410. The Morgan fingerprint density at radius 3 is 2.59 bits per heavy atom. The summed E-state index contributed by atoms with van der Waals surface area (Å²) >= 11 is 3.09. The molecule has 0 aliphatic carbocycles. The average molecular weight is 528 g/mol. The summed E-state index contributed by atoms with van der Waals surface area (Å²) in [5.74, 6) is 2.38. The summed E-state index contributed by atoms with van der Waals surface area (Å²) in [6, 6.07) is 21.1. The summed E-state index contributed by atoms with van der Waals surface area (Å²) in [7, 11) is 0. The van der Waals surface area contributed by atoms with E-state index in [-0.39, 0.29) is 5.91 Å². The van der Waals surface area contributed by atoms with Crippen molar-refractivity contribution in [3.63, 3.8) is 0 Å². The molecule has 0 saturated carbocycles. The molecule has 7 nitrogen and oxygen atoms in total. The lowest BCUT2D eigenvalue weighted by atomic mass is 9.94. The van der Waals surface area contributed by atoms with Crippen LogP contribution in [0.5, 0.6) is 11.5 Å². The van der Waals surface area contributed by atoms with Crippen LogP contribution in [0.15, 0.2) is 82.0 Å². The maximum atomic E-state index is 11.6. The number of carbonyl (C=O) groups excluding carboxylic acids is 1. The number of rotatable bonds is 7. The van der Waals surface area contributed by atoms with Gasteiger partial charge in [-0.1, -0.05) is 30.0 Å². The van der Waals surface area contributed by atoms with Crippen LogP contribution in [-0.2, 0) is 4.79 Å². The third-order valence-electron chi connectivity index (χ3n) is 6.12. The monoisotopic (exact) mass is 527 g/mol. The van der Waals surface area contributed by atoms with Gasteiger partial charge in [-0.25, -0.2) is 9.97 Å². The number of piperidine rings is 1. The summed E-state index contributed by atoms with van der Waals surface area (Å²) < 4.78 is 6.21. The number of likely N-dealkylation sites (tertiary alicyclic amines) is 1. The van der Waals surface area contributed by atoms with E-state index in [0.717, 1.165) is 46.5 Å². The zero-order chi connectivity index (χ0) is 25.6. The molecule has 5 rings (SSSR count). The number of nitrogens with zero attached hydrogens (tertiary/aromatic N) is 4. The predicted molar refractivity (Wildman–Crippen MR) is 146 cm³/mol. The van der Waals surface area contributed by atoms with Gasteiger partial charge in [0.25, 0.3) is 0 Å². The molecule has 1 aliphatic rings. The van der Waals surface area contributed by atoms with Crippen molar-refractivity contribution in [1.29, 1.82) is 5.26 Å². The molecule has 186 valence electrons. The molecule has 3 heterocycles. The maximum Gasteiger partial charge on any atom is 0.219 e. The Hall–Kier alpha value is -3.87. The molecule has 1 amide bonds. The molecule has 2 aromatic carbocycles. The topological polar surface area (TPSA) is 91.1 Å². The van der Waals surface area contributed by atoms with E-state index in [0.29, 0.717) is 28.8 Å². The first kappa shape index (κ1) is 24.8. The lowest BCUT2D eigenvalue weighted by molar-refractivity contribution is -0.129. The van der Waals surface area contributed by atoms with Crippen LogP contribution in [0.25, 0.3) is 0 Å². The SMILES string of the molecule is CC(=O)N1CCC(c2csc(Nc3ncc(Sc4ccc(C#N)cc4)cc3Oc3ccccc3)n2)CC1. The number of anilines is 2. The van der Waals surface area contributed by atoms with E-state index < -0.39 is 0 Å². The second-order valence-electron chi connectivity index (χ2n) is 8.65. The lowest BCUT2D eigenvalue weighted by Crippen LogP contribution is -2.36. The first-order valence-electron chi connectivity index (χ1n) is 12.0. The number of para-hydroxylation sites is 1. The maximum absolute atomic E-state index is 11.6. The van der Waals surface area contributed by atoms with Crippen LogP contribution in [0.2, 0.25) is 0 Å². The van der Waals surface area contributed by atoms with Gasteiger partial charge < -0.3 is 15.0 Å². The number of carbonyl (C=O) groups is 1. The van der Waals surface area contributed by atoms with Gasteiger partial charge in [0.2, 0.25) is 5.91 Å². The molecule has 0 bridgehead atoms. The molecular weight excluding hydrogens is 502 g/mol. The van der Waals surface area contributed by atoms with Gasteiger partial charge >= 0.3 is 0 Å². The Morgan fingerprint density at radius 1 is 1.14 bits per heavy atom. The summed E-state index contributed by atoms with van der Waals surface area (Å²) in [6.45, 7) is 3.17. The second kappa shape index (κ2) is 11.5. The van der Waals surface area contributed by atoms with E-state index in [9.17, 15) is 4.79 Å². The Balaban J connectivity index is 1.34. The van der Waals surface area contributed by atoms with Gasteiger partial charge in [-0.15, -0.1) is 11.3 Å². The van der Waals surface area contributed by atoms with Gasteiger partial charge in [0.05, 0.1) is 17.3 Å². The van der Waals surface area contributed by atoms with Crippen molar-refractivity contribution in [2.75, 3.05) is 18.4 Å². The van der Waals surface area contributed by atoms with Crippen molar-refractivity contribution < 1.29 is 9.53 Å². The molecule has 1 N–H and O–H groups in total. The van der Waals surface area contributed by atoms with Crippen molar-refractivity contribution in [1.82, 2.24) is 14.9 Å². The van der Waals surface area contributed by atoms with Crippen molar-refractivity contribution in [3.05, 3.63) is 83.5 Å². The summed E-state index contributed by atoms with van der Waals surface area (Å²) in [4.78, 5) is 25.0. The van der Waals surface area contributed by atoms with Crippen molar-refractivity contribution in [2.24, 2.45) is 0 Å². The molecule has 0 atom stereocenters. The smallest absolute Gasteiger partial charge is 0.219 e. The van der Waals surface area contributed by atoms with Crippen LogP contribution in [0.1, 0.15) is 36.9 Å². The van der Waals surface area contributed by atoms with Crippen molar-refractivity contribution >= 4 is 40.0 Å². The fourth-order valence-corrected chi connectivity index (χ4v) is 5.73. The number of nitrogens with one attached hydrogen (secondary N) is 1. The van der Waals surface area contributed by atoms with Crippen molar-refractivity contribution in [2.45, 2.75) is 35.5 Å². The number of aromatic nitrogens is 2. The molecule has 0 spiro atoms. The number of hydrogen-bond acceptors (Lipinski definition) is 8. The largest absolute Gasteiger partial charge is 0.453 e. The van der Waals surface area contributed by atoms with Crippen LogP contribution in [0.4, 0.5) is 10.9 Å². The van der Waals surface area contributed by atoms with E-state index in [1.807, 2.05) is 53.4 Å². The number of amides is 1. The highest BCUT2D eigenvalue weighted by atomic mass is 32.2. The zero-order valence-electron chi connectivity index (χ0n) is 20.3. The van der Waals surface area contributed by atoms with Gasteiger partial charge in [0.15, 0.2) is 16.7 Å². The molecule has 37 heavy (non-hydrogen) atoms. The van der Waals surface area contributed by atoms with Gasteiger partial charge in [-0.2, -0.15) is 5.26 Å². The minimum atomic E-state index is 0.136. The number of hydrogen-bond donors (Lipinski definition) is 1. The van der Waals surface area contributed by atoms with E-state index in [1.54, 1.807) is 48.4 Å². The third-order valence-corrected chi connectivity index (χ3v) is 7.87. The molecular formula is C28H25N5O2S2. The first-order valence-corrected chi connectivity index (χ1v) is 13.7. The zero-order valence-corrected chi connectivity index (χ0v) is 21.9. The standard InChI is InChI=1S/C28H25N5O2S2/c1-19(34)33-13-11-21(12-14-33)25-18-36-28(31-25)32-27-26(35-22-5-3-2-4-6-22)15-24(17-30-27)37-23-9-7-20(16-29)8-10-23/h2-10,15,17-18,21H,11-14H2,1H3,(H,30,31,32). The number of ether oxygens (including phenoxy) is 1. The van der Waals surface area contributed by atoms with Gasteiger partial charge in [-0.05, 0) is 49.2 Å². The highest BCUT2D eigenvalue weighted by molar-refractivity contribution is 7.99. The molecule has 1 saturated heterocycles. The summed E-state index contributed by atoms with van der Waals surface area (Å²) in [5.41, 5.74) is 1.68. The van der Waals surface area contributed by atoms with E-state index in [4.69, 9.17) is 15.0 Å². The fourth-order valence-electron chi connectivity index (χ4n) is 4.13. The quantitative estimate of drug-likeness (QED) is 0.282. The number of thiazole rings is 1. The van der Waals surface area contributed by atoms with Gasteiger partial charge in [-0.3, -0.25) is 4.79 Å². The molecule has 2 aromatic heterocycles. The van der Waals surface area contributed by atoms with E-state index in [1.165, 1.54) is 0 Å². The van der Waals surface area contributed by atoms with Gasteiger partial charge in [0, 0.05) is 53.4 Å². The Labute approximate surface area is 224 Å². The number of nitriles is 1. The lowest BCUT2D eigenvalue weighted by Gasteiger charge is -2.30. The highest BCUT2D eigenvalue weighted by Gasteiger charge is 2.24. The molecule has 1 fully saturated rings.